The van der Waals surface area contributed by atoms with Crippen LogP contribution in [0.2, 0.25) is 0 Å². The molecule has 2 rings (SSSR count). The number of likely N-dealkylation sites (N-methyl/N-ethyl adjacent to an activating group) is 1. The molecule has 6 heteroatoms. The highest BCUT2D eigenvalue weighted by Crippen LogP contribution is 2.25. The Labute approximate surface area is 122 Å². The molecule has 0 aromatic heterocycles. The van der Waals surface area contributed by atoms with Crippen LogP contribution in [0.5, 0.6) is 0 Å². The number of halogens is 2. The SMILES string of the molecule is CC(c1ccc(F)c(F)c1)N(C)C(=O)[C@@H]1CC[C@H](CN)O1. The molecular formula is C15H20F2N2O2. The maximum atomic E-state index is 13.3. The highest BCUT2D eigenvalue weighted by molar-refractivity contribution is 5.81. The minimum atomic E-state index is -0.916. The van der Waals surface area contributed by atoms with Crippen molar-refractivity contribution in [2.45, 2.75) is 38.0 Å². The van der Waals surface area contributed by atoms with Crippen LogP contribution in [0.3, 0.4) is 0 Å². The first-order valence-corrected chi connectivity index (χ1v) is 7.01. The summed E-state index contributed by atoms with van der Waals surface area (Å²) in [6, 6.07) is 3.29. The van der Waals surface area contributed by atoms with E-state index in [1.54, 1.807) is 14.0 Å². The largest absolute Gasteiger partial charge is 0.364 e. The van der Waals surface area contributed by atoms with Gasteiger partial charge >= 0.3 is 0 Å². The molecule has 1 fully saturated rings. The number of carbonyl (C=O) groups excluding carboxylic acids is 1. The molecule has 4 nitrogen and oxygen atoms in total. The van der Waals surface area contributed by atoms with E-state index in [1.165, 1.54) is 11.0 Å². The topological polar surface area (TPSA) is 55.6 Å². The molecule has 1 unspecified atom stereocenters. The molecule has 1 saturated heterocycles. The fourth-order valence-electron chi connectivity index (χ4n) is 2.47. The number of benzene rings is 1. The molecule has 21 heavy (non-hydrogen) atoms. The van der Waals surface area contributed by atoms with Gasteiger partial charge in [0.2, 0.25) is 0 Å². The molecule has 0 bridgehead atoms. The second-order valence-corrected chi connectivity index (χ2v) is 5.36. The van der Waals surface area contributed by atoms with Crippen LogP contribution >= 0.6 is 0 Å². The van der Waals surface area contributed by atoms with Crippen molar-refractivity contribution >= 4 is 5.91 Å². The van der Waals surface area contributed by atoms with Crippen LogP contribution in [0.4, 0.5) is 8.78 Å². The van der Waals surface area contributed by atoms with E-state index in [1.807, 2.05) is 0 Å². The van der Waals surface area contributed by atoms with Crippen LogP contribution in [0.1, 0.15) is 31.4 Å². The summed E-state index contributed by atoms with van der Waals surface area (Å²) in [6.45, 7) is 2.16. The summed E-state index contributed by atoms with van der Waals surface area (Å²) in [6.07, 6.45) is 0.817. The molecule has 2 N–H and O–H groups in total. The molecule has 116 valence electrons. The summed E-state index contributed by atoms with van der Waals surface area (Å²) in [5.41, 5.74) is 6.07. The Morgan fingerprint density at radius 1 is 1.43 bits per heavy atom. The Morgan fingerprint density at radius 3 is 2.71 bits per heavy atom. The average Bonchev–Trinajstić information content (AvgIpc) is 2.96. The number of nitrogens with zero attached hydrogens (tertiary/aromatic N) is 1. The Bertz CT molecular complexity index is 524. The molecule has 0 saturated carbocycles. The summed E-state index contributed by atoms with van der Waals surface area (Å²) in [5, 5.41) is 0. The van der Waals surface area contributed by atoms with E-state index < -0.39 is 17.7 Å². The normalized spacial score (nSPS) is 23.1. The third-order valence-electron chi connectivity index (χ3n) is 4.00. The first-order valence-electron chi connectivity index (χ1n) is 7.01. The molecule has 3 atom stereocenters. The molecule has 1 aliphatic heterocycles. The summed E-state index contributed by atoms with van der Waals surface area (Å²) in [5.74, 6) is -1.98. The monoisotopic (exact) mass is 298 g/mol. The molecule has 0 spiro atoms. The number of hydrogen-bond acceptors (Lipinski definition) is 3. The smallest absolute Gasteiger partial charge is 0.251 e. The van der Waals surface area contributed by atoms with Crippen molar-refractivity contribution in [3.05, 3.63) is 35.4 Å². The number of nitrogens with two attached hydrogens (primary N) is 1. The Balaban J connectivity index is 2.06. The van der Waals surface area contributed by atoms with E-state index in [4.69, 9.17) is 10.5 Å². The second-order valence-electron chi connectivity index (χ2n) is 5.36. The van der Waals surface area contributed by atoms with Crippen molar-refractivity contribution < 1.29 is 18.3 Å². The van der Waals surface area contributed by atoms with Crippen molar-refractivity contribution in [2.75, 3.05) is 13.6 Å². The van der Waals surface area contributed by atoms with Crippen molar-refractivity contribution in [3.63, 3.8) is 0 Å². The number of hydrogen-bond donors (Lipinski definition) is 1. The van der Waals surface area contributed by atoms with Crippen molar-refractivity contribution in [1.29, 1.82) is 0 Å². The van der Waals surface area contributed by atoms with E-state index in [-0.39, 0.29) is 18.1 Å². The van der Waals surface area contributed by atoms with Gasteiger partial charge in [0.25, 0.3) is 5.91 Å². The zero-order valence-electron chi connectivity index (χ0n) is 12.2. The zero-order valence-corrected chi connectivity index (χ0v) is 12.2. The molecule has 1 aromatic rings. The lowest BCUT2D eigenvalue weighted by Gasteiger charge is -2.28. The summed E-state index contributed by atoms with van der Waals surface area (Å²) in [7, 11) is 1.63. The van der Waals surface area contributed by atoms with Gasteiger partial charge in [-0.25, -0.2) is 8.78 Å². The highest BCUT2D eigenvalue weighted by atomic mass is 19.2. The van der Waals surface area contributed by atoms with E-state index >= 15 is 0 Å². The molecule has 1 amide bonds. The predicted octanol–water partition coefficient (Wildman–Crippen LogP) is 1.99. The Morgan fingerprint density at radius 2 is 2.14 bits per heavy atom. The number of rotatable bonds is 4. The number of carbonyl (C=O) groups is 1. The second kappa shape index (κ2) is 6.49. The van der Waals surface area contributed by atoms with Gasteiger partial charge in [-0.15, -0.1) is 0 Å². The minimum absolute atomic E-state index is 0.0779. The maximum Gasteiger partial charge on any atom is 0.251 e. The van der Waals surface area contributed by atoms with Gasteiger partial charge in [0.05, 0.1) is 12.1 Å². The van der Waals surface area contributed by atoms with Gasteiger partial charge in [-0.1, -0.05) is 6.07 Å². The predicted molar refractivity (Wildman–Crippen MR) is 74.5 cm³/mol. The average molecular weight is 298 g/mol. The first-order chi connectivity index (χ1) is 9.93. The standard InChI is InChI=1S/C15H20F2N2O2/c1-9(10-3-5-12(16)13(17)7-10)19(2)15(20)14-6-4-11(8-18)21-14/h3,5,7,9,11,14H,4,6,8,18H2,1-2H3/t9?,11-,14+/m1/s1. The van der Waals surface area contributed by atoms with E-state index in [0.29, 0.717) is 18.5 Å². The van der Waals surface area contributed by atoms with E-state index in [0.717, 1.165) is 18.6 Å². The van der Waals surface area contributed by atoms with Gasteiger partial charge < -0.3 is 15.4 Å². The lowest BCUT2D eigenvalue weighted by atomic mass is 10.1. The first kappa shape index (κ1) is 15.9. The zero-order chi connectivity index (χ0) is 15.6. The molecule has 0 radical (unpaired) electrons. The quantitative estimate of drug-likeness (QED) is 0.925. The number of ether oxygens (including phenoxy) is 1. The van der Waals surface area contributed by atoms with Gasteiger partial charge in [-0.2, -0.15) is 0 Å². The van der Waals surface area contributed by atoms with Gasteiger partial charge in [0, 0.05) is 13.6 Å². The van der Waals surface area contributed by atoms with Gasteiger partial charge in [-0.3, -0.25) is 4.79 Å². The van der Waals surface area contributed by atoms with Crippen LogP contribution < -0.4 is 5.73 Å². The molecular weight excluding hydrogens is 278 g/mol. The maximum absolute atomic E-state index is 13.3. The van der Waals surface area contributed by atoms with Gasteiger partial charge in [-0.05, 0) is 37.5 Å². The fraction of sp³-hybridized carbons (Fsp3) is 0.533. The molecule has 1 aromatic carbocycles. The van der Waals surface area contributed by atoms with Gasteiger partial charge in [0.15, 0.2) is 11.6 Å². The number of amides is 1. The summed E-state index contributed by atoms with van der Waals surface area (Å²) in [4.78, 5) is 13.9. The Hall–Kier alpha value is -1.53. The van der Waals surface area contributed by atoms with Crippen LogP contribution in [-0.4, -0.2) is 36.6 Å². The van der Waals surface area contributed by atoms with Crippen LogP contribution in [-0.2, 0) is 9.53 Å². The fourth-order valence-corrected chi connectivity index (χ4v) is 2.47. The van der Waals surface area contributed by atoms with Crippen LogP contribution in [0.25, 0.3) is 0 Å². The summed E-state index contributed by atoms with van der Waals surface area (Å²) >= 11 is 0. The third-order valence-corrected chi connectivity index (χ3v) is 4.00. The Kier molecular flexibility index (Phi) is 4.90. The van der Waals surface area contributed by atoms with E-state index in [9.17, 15) is 13.6 Å². The van der Waals surface area contributed by atoms with E-state index in [2.05, 4.69) is 0 Å². The van der Waals surface area contributed by atoms with Crippen molar-refractivity contribution in [1.82, 2.24) is 4.90 Å². The highest BCUT2D eigenvalue weighted by Gasteiger charge is 2.33. The van der Waals surface area contributed by atoms with Crippen molar-refractivity contribution in [3.8, 4) is 0 Å². The molecule has 1 aliphatic rings. The lowest BCUT2D eigenvalue weighted by Crippen LogP contribution is -2.38. The lowest BCUT2D eigenvalue weighted by molar-refractivity contribution is -0.143. The van der Waals surface area contributed by atoms with Crippen LogP contribution in [0, 0.1) is 11.6 Å². The van der Waals surface area contributed by atoms with Crippen LogP contribution in [0.15, 0.2) is 18.2 Å². The minimum Gasteiger partial charge on any atom is -0.364 e. The molecule has 0 aliphatic carbocycles. The summed E-state index contributed by atoms with van der Waals surface area (Å²) < 4.78 is 31.8. The molecule has 1 heterocycles. The third kappa shape index (κ3) is 3.39. The van der Waals surface area contributed by atoms with Crippen molar-refractivity contribution in [2.24, 2.45) is 5.73 Å². The van der Waals surface area contributed by atoms with Gasteiger partial charge in [0.1, 0.15) is 6.10 Å².